The Morgan fingerprint density at radius 2 is 1.47 bits per heavy atom. The van der Waals surface area contributed by atoms with Gasteiger partial charge in [-0.1, -0.05) is 0 Å². The van der Waals surface area contributed by atoms with Crippen LogP contribution in [0.25, 0.3) is 0 Å². The predicted octanol–water partition coefficient (Wildman–Crippen LogP) is -1.87. The third-order valence-electron chi connectivity index (χ3n) is 1.37. The van der Waals surface area contributed by atoms with Crippen LogP contribution in [0, 0.1) is 0 Å². The monoisotopic (exact) mass is 221 g/mol. The molecule has 0 bridgehead atoms. The van der Waals surface area contributed by atoms with Crippen LogP contribution in [0.15, 0.2) is 0 Å². The zero-order valence-corrected chi connectivity index (χ0v) is 10.8. The standard InChI is InChI=1S/C5H11NO2.C5H14NO/c1-6(2,3)4-5(7)8;1-6(2,3)4-5-7/h4H2,1-3H3;7H,4-5H2,1-3H3/q;+1. The van der Waals surface area contributed by atoms with Crippen molar-refractivity contribution >= 4 is 5.97 Å². The molecule has 5 heteroatoms. The second-order valence-electron chi connectivity index (χ2n) is 5.56. The molecule has 0 spiro atoms. The molecule has 0 aliphatic rings. The summed E-state index contributed by atoms with van der Waals surface area (Å²) in [4.78, 5) is 9.89. The highest BCUT2D eigenvalue weighted by molar-refractivity contribution is 5.65. The number of nitrogens with zero attached hydrogens (tertiary/aromatic N) is 2. The molecule has 0 aliphatic heterocycles. The fourth-order valence-electron chi connectivity index (χ4n) is 0.687. The van der Waals surface area contributed by atoms with E-state index in [4.69, 9.17) is 5.11 Å². The van der Waals surface area contributed by atoms with Gasteiger partial charge in [0.25, 0.3) is 0 Å². The van der Waals surface area contributed by atoms with Gasteiger partial charge in [-0.05, 0) is 0 Å². The van der Waals surface area contributed by atoms with Crippen molar-refractivity contribution in [2.75, 3.05) is 62.0 Å². The highest BCUT2D eigenvalue weighted by Crippen LogP contribution is 1.85. The number of hydrogen-bond acceptors (Lipinski definition) is 3. The minimum Gasteiger partial charge on any atom is -0.544 e. The predicted molar refractivity (Wildman–Crippen MR) is 57.9 cm³/mol. The first-order valence-corrected chi connectivity index (χ1v) is 4.89. The van der Waals surface area contributed by atoms with Crippen LogP contribution >= 0.6 is 0 Å². The Morgan fingerprint density at radius 3 is 1.47 bits per heavy atom. The smallest absolute Gasteiger partial charge is 0.118 e. The van der Waals surface area contributed by atoms with Gasteiger partial charge >= 0.3 is 0 Å². The molecule has 5 nitrogen and oxygen atoms in total. The summed E-state index contributed by atoms with van der Waals surface area (Å²) >= 11 is 0. The number of hydrogen-bond donors (Lipinski definition) is 1. The second-order valence-corrected chi connectivity index (χ2v) is 5.56. The van der Waals surface area contributed by atoms with E-state index in [2.05, 4.69) is 21.1 Å². The first-order valence-electron chi connectivity index (χ1n) is 4.89. The molecule has 0 radical (unpaired) electrons. The minimum absolute atomic E-state index is 0.0694. The van der Waals surface area contributed by atoms with Crippen molar-refractivity contribution in [3.63, 3.8) is 0 Å². The number of likely N-dealkylation sites (N-methyl/N-ethyl adjacent to an activating group) is 2. The number of carboxylic acids is 1. The number of aliphatic hydroxyl groups excluding tert-OH is 1. The molecule has 0 heterocycles. The Hall–Kier alpha value is -0.650. The van der Waals surface area contributed by atoms with Gasteiger partial charge in [-0.2, -0.15) is 0 Å². The van der Waals surface area contributed by atoms with Crippen LogP contribution in [-0.2, 0) is 4.79 Å². The van der Waals surface area contributed by atoms with E-state index in [9.17, 15) is 9.90 Å². The van der Waals surface area contributed by atoms with Gasteiger partial charge in [0.2, 0.25) is 0 Å². The molecule has 0 unspecified atom stereocenters. The third-order valence-corrected chi connectivity index (χ3v) is 1.37. The van der Waals surface area contributed by atoms with Gasteiger partial charge in [0, 0.05) is 0 Å². The third kappa shape index (κ3) is 24.7. The Balaban J connectivity index is 0. The molecule has 0 aromatic carbocycles. The average Bonchev–Trinajstić information content (AvgIpc) is 1.77. The molecule has 0 rings (SSSR count). The Labute approximate surface area is 92.7 Å². The van der Waals surface area contributed by atoms with Gasteiger partial charge in [0.15, 0.2) is 0 Å². The van der Waals surface area contributed by atoms with Crippen LogP contribution in [0.2, 0.25) is 0 Å². The topological polar surface area (TPSA) is 60.4 Å². The fraction of sp³-hybridized carbons (Fsp3) is 0.900. The summed E-state index contributed by atoms with van der Waals surface area (Å²) in [7, 11) is 11.6. The molecule has 92 valence electrons. The summed E-state index contributed by atoms with van der Waals surface area (Å²) < 4.78 is 1.26. The van der Waals surface area contributed by atoms with E-state index in [1.807, 2.05) is 0 Å². The Kier molecular flexibility index (Phi) is 7.56. The number of aliphatic hydroxyl groups is 1. The lowest BCUT2D eigenvalue weighted by molar-refractivity contribution is -0.870. The maximum atomic E-state index is 9.89. The van der Waals surface area contributed by atoms with Gasteiger partial charge in [0.1, 0.15) is 13.1 Å². The van der Waals surface area contributed by atoms with Gasteiger partial charge in [0.05, 0.1) is 54.9 Å². The van der Waals surface area contributed by atoms with Gasteiger partial charge in [-0.25, -0.2) is 0 Å². The number of carbonyl (C=O) groups is 1. The van der Waals surface area contributed by atoms with Gasteiger partial charge in [-0.3, -0.25) is 0 Å². The van der Waals surface area contributed by atoms with Crippen LogP contribution in [-0.4, -0.2) is 82.0 Å². The summed E-state index contributed by atoms with van der Waals surface area (Å²) in [5, 5.41) is 18.3. The van der Waals surface area contributed by atoms with Crippen molar-refractivity contribution < 1.29 is 24.0 Å². The number of rotatable bonds is 4. The molecule has 0 saturated carbocycles. The van der Waals surface area contributed by atoms with E-state index in [1.165, 1.54) is 0 Å². The fourth-order valence-corrected chi connectivity index (χ4v) is 0.687. The lowest BCUT2D eigenvalue weighted by Gasteiger charge is -2.23. The van der Waals surface area contributed by atoms with Crippen molar-refractivity contribution in [2.24, 2.45) is 0 Å². The summed E-state index contributed by atoms with van der Waals surface area (Å²) in [6.45, 7) is 1.18. The van der Waals surface area contributed by atoms with Crippen LogP contribution in [0.5, 0.6) is 0 Å². The number of carbonyl (C=O) groups excluding carboxylic acids is 1. The highest BCUT2D eigenvalue weighted by Gasteiger charge is 2.04. The zero-order valence-electron chi connectivity index (χ0n) is 10.8. The molecule has 0 saturated heterocycles. The van der Waals surface area contributed by atoms with Crippen molar-refractivity contribution in [3.8, 4) is 0 Å². The Morgan fingerprint density at radius 1 is 1.07 bits per heavy atom. The van der Waals surface area contributed by atoms with Crippen molar-refractivity contribution in [3.05, 3.63) is 0 Å². The normalized spacial score (nSPS) is 11.7. The first kappa shape index (κ1) is 16.8. The zero-order chi connectivity index (χ0) is 12.7. The van der Waals surface area contributed by atoms with Gasteiger partial charge in [-0.15, -0.1) is 0 Å². The summed E-state index contributed by atoms with van der Waals surface area (Å²) in [5.41, 5.74) is 0. The molecule has 0 aromatic heterocycles. The minimum atomic E-state index is -1.00. The molecule has 15 heavy (non-hydrogen) atoms. The maximum Gasteiger partial charge on any atom is 0.118 e. The molecular weight excluding hydrogens is 196 g/mol. The lowest BCUT2D eigenvalue weighted by Crippen LogP contribution is -2.45. The largest absolute Gasteiger partial charge is 0.544 e. The van der Waals surface area contributed by atoms with Crippen LogP contribution < -0.4 is 5.11 Å². The van der Waals surface area contributed by atoms with Crippen LogP contribution in [0.4, 0.5) is 0 Å². The summed E-state index contributed by atoms with van der Waals surface area (Å²) in [6, 6.07) is 0. The molecule has 0 atom stereocenters. The van der Waals surface area contributed by atoms with Crippen molar-refractivity contribution in [1.82, 2.24) is 0 Å². The van der Waals surface area contributed by atoms with E-state index in [-0.39, 0.29) is 13.2 Å². The van der Waals surface area contributed by atoms with Crippen LogP contribution in [0.1, 0.15) is 0 Å². The number of carboxylic acid groups (broad SMARTS) is 1. The molecule has 0 aromatic rings. The summed E-state index contributed by atoms with van der Waals surface area (Å²) in [5.74, 6) is -1.00. The second kappa shape index (κ2) is 6.76. The Bertz CT molecular complexity index is 180. The van der Waals surface area contributed by atoms with E-state index in [0.29, 0.717) is 4.48 Å². The molecule has 0 amide bonds. The number of quaternary nitrogens is 2. The van der Waals surface area contributed by atoms with E-state index < -0.39 is 5.97 Å². The number of aliphatic carboxylic acids is 1. The van der Waals surface area contributed by atoms with Crippen LogP contribution in [0.3, 0.4) is 0 Å². The SMILES string of the molecule is C[N+](C)(C)CC(=O)[O-].C[N+](C)(C)CCO. The summed E-state index contributed by atoms with van der Waals surface area (Å²) in [6.07, 6.45) is 0. The highest BCUT2D eigenvalue weighted by atomic mass is 16.4. The van der Waals surface area contributed by atoms with E-state index >= 15 is 0 Å². The van der Waals surface area contributed by atoms with E-state index in [0.717, 1.165) is 11.0 Å². The molecule has 0 fully saturated rings. The lowest BCUT2D eigenvalue weighted by atomic mass is 10.5. The van der Waals surface area contributed by atoms with Gasteiger partial charge < -0.3 is 24.0 Å². The molecular formula is C10H25N2O3+. The quantitative estimate of drug-likeness (QED) is 0.566. The van der Waals surface area contributed by atoms with E-state index in [1.54, 1.807) is 21.1 Å². The first-order chi connectivity index (χ1) is 6.48. The maximum absolute atomic E-state index is 9.89. The molecule has 0 aliphatic carbocycles. The van der Waals surface area contributed by atoms with Crippen molar-refractivity contribution in [2.45, 2.75) is 0 Å². The average molecular weight is 221 g/mol. The van der Waals surface area contributed by atoms with Crippen molar-refractivity contribution in [1.29, 1.82) is 0 Å². The molecule has 1 N–H and O–H groups in total.